The number of hydrogen-bond donors (Lipinski definition) is 1. The zero-order valence-corrected chi connectivity index (χ0v) is 32.8. The molecule has 14 heteroatoms. The summed E-state index contributed by atoms with van der Waals surface area (Å²) in [5.41, 5.74) is 0.327. The Morgan fingerprint density at radius 1 is 1.09 bits per heavy atom. The molecule has 0 amide bonds. The van der Waals surface area contributed by atoms with Crippen molar-refractivity contribution in [1.29, 1.82) is 0 Å². The molecule has 0 saturated heterocycles. The molecule has 0 saturated carbocycles. The van der Waals surface area contributed by atoms with Crippen molar-refractivity contribution in [2.45, 2.75) is 58.8 Å². The van der Waals surface area contributed by atoms with Gasteiger partial charge < -0.3 is 14.5 Å². The van der Waals surface area contributed by atoms with Gasteiger partial charge in [-0.3, -0.25) is 4.79 Å². The number of ether oxygens (including phenoxy) is 2. The van der Waals surface area contributed by atoms with Gasteiger partial charge in [-0.1, -0.05) is 58.0 Å². The first kappa shape index (κ1) is 39.8. The third-order valence-electron chi connectivity index (χ3n) is 9.54. The Morgan fingerprint density at radius 2 is 1.83 bits per heavy atom. The first-order chi connectivity index (χ1) is 24.9. The molecule has 0 spiro atoms. The number of halogens is 4. The molecule has 0 radical (unpaired) electrons. The molecule has 282 valence electrons. The van der Waals surface area contributed by atoms with Crippen molar-refractivity contribution in [1.82, 2.24) is 19.7 Å². The summed E-state index contributed by atoms with van der Waals surface area (Å²) in [6.45, 7) is 11.0. The van der Waals surface area contributed by atoms with E-state index >= 15 is 8.78 Å². The number of sulfone groups is 1. The van der Waals surface area contributed by atoms with Crippen molar-refractivity contribution in [2.75, 3.05) is 12.9 Å². The van der Waals surface area contributed by atoms with Gasteiger partial charge in [0.15, 0.2) is 33.1 Å². The van der Waals surface area contributed by atoms with E-state index in [-0.39, 0.29) is 44.8 Å². The maximum absolute atomic E-state index is 15.6. The lowest BCUT2D eigenvalue weighted by molar-refractivity contribution is -0.144. The van der Waals surface area contributed by atoms with Crippen LogP contribution in [0.25, 0.3) is 22.3 Å². The summed E-state index contributed by atoms with van der Waals surface area (Å²) in [5, 5.41) is 6.12. The highest BCUT2D eigenvalue weighted by molar-refractivity contribution is 9.10. The number of fused-ring (bicyclic) bond motifs is 1. The van der Waals surface area contributed by atoms with Crippen LogP contribution < -0.4 is 4.74 Å². The molecule has 3 aromatic carbocycles. The predicted molar refractivity (Wildman–Crippen MR) is 202 cm³/mol. The van der Waals surface area contributed by atoms with Crippen LogP contribution in [0, 0.1) is 28.8 Å². The van der Waals surface area contributed by atoms with E-state index in [4.69, 9.17) is 19.6 Å². The molecule has 2 heterocycles. The van der Waals surface area contributed by atoms with E-state index < -0.39 is 43.9 Å². The second kappa shape index (κ2) is 15.5. The quantitative estimate of drug-likeness (QED) is 0.0828. The molecule has 0 fully saturated rings. The van der Waals surface area contributed by atoms with E-state index in [0.29, 0.717) is 36.9 Å². The van der Waals surface area contributed by atoms with E-state index in [1.54, 1.807) is 20.0 Å². The number of nitrogens with zero attached hydrogens (tertiary/aromatic N) is 3. The third kappa shape index (κ3) is 8.54. The number of benzene rings is 3. The van der Waals surface area contributed by atoms with Crippen molar-refractivity contribution in [3.63, 3.8) is 0 Å². The van der Waals surface area contributed by atoms with Gasteiger partial charge in [0.25, 0.3) is 0 Å². The number of aromatic nitrogens is 4. The molecule has 5 rings (SSSR count). The van der Waals surface area contributed by atoms with Crippen LogP contribution in [0.1, 0.15) is 63.9 Å². The number of aromatic amines is 1. The van der Waals surface area contributed by atoms with Crippen LogP contribution in [0.4, 0.5) is 13.2 Å². The third-order valence-corrected chi connectivity index (χ3v) is 12.0. The van der Waals surface area contributed by atoms with Crippen LogP contribution in [-0.2, 0) is 38.3 Å². The van der Waals surface area contributed by atoms with Gasteiger partial charge >= 0.3 is 5.97 Å². The first-order valence-electron chi connectivity index (χ1n) is 16.9. The number of H-pyrrole nitrogens is 1. The average Bonchev–Trinajstić information content (AvgIpc) is 3.77. The van der Waals surface area contributed by atoms with Gasteiger partial charge in [-0.05, 0) is 82.9 Å². The molecule has 9 nitrogen and oxygen atoms in total. The van der Waals surface area contributed by atoms with Gasteiger partial charge in [-0.25, -0.2) is 26.9 Å². The number of carbonyl (C=O) groups is 1. The summed E-state index contributed by atoms with van der Waals surface area (Å²) in [6, 6.07) is 13.1. The number of methoxy groups -OCH3 is 1. The van der Waals surface area contributed by atoms with Gasteiger partial charge in [0, 0.05) is 24.0 Å². The van der Waals surface area contributed by atoms with E-state index in [2.05, 4.69) is 27.5 Å². The molecule has 1 N–H and O–H groups in total. The Hall–Kier alpha value is -4.43. The topological polar surface area (TPSA) is 116 Å². The Morgan fingerprint density at radius 3 is 2.53 bits per heavy atom. The first-order valence-corrected chi connectivity index (χ1v) is 19.5. The van der Waals surface area contributed by atoms with Gasteiger partial charge in [0.2, 0.25) is 5.82 Å². The zero-order chi connectivity index (χ0) is 38.9. The summed E-state index contributed by atoms with van der Waals surface area (Å²) in [5.74, 6) is -3.58. The van der Waals surface area contributed by atoms with Crippen LogP contribution in [0.3, 0.4) is 0 Å². The van der Waals surface area contributed by atoms with Crippen molar-refractivity contribution in [3.05, 3.63) is 106 Å². The molecular weight excluding hydrogens is 773 g/mol. The second-order valence-corrected chi connectivity index (χ2v) is 17.1. The lowest BCUT2D eigenvalue weighted by atomic mass is 9.75. The molecule has 0 unspecified atom stereocenters. The summed E-state index contributed by atoms with van der Waals surface area (Å²) < 4.78 is 82.7. The van der Waals surface area contributed by atoms with Crippen LogP contribution in [0.15, 0.2) is 71.2 Å². The van der Waals surface area contributed by atoms with E-state index in [9.17, 15) is 17.6 Å². The Balaban J connectivity index is 1.53. The molecular formula is C39H42BrF3N4O5S. The molecule has 5 aromatic rings. The molecule has 2 atom stereocenters. The Kier molecular flexibility index (Phi) is 11.6. The van der Waals surface area contributed by atoms with Crippen LogP contribution >= 0.6 is 15.9 Å². The number of nitrogens with one attached hydrogen (secondary N) is 1. The minimum atomic E-state index is -3.44. The molecule has 2 aromatic heterocycles. The van der Waals surface area contributed by atoms with Crippen molar-refractivity contribution in [2.24, 2.45) is 18.4 Å². The highest BCUT2D eigenvalue weighted by Gasteiger charge is 2.36. The van der Waals surface area contributed by atoms with Crippen molar-refractivity contribution < 1.29 is 35.9 Å². The Bertz CT molecular complexity index is 2290. The average molecular weight is 816 g/mol. The normalized spacial score (nSPS) is 13.8. The van der Waals surface area contributed by atoms with Crippen LogP contribution in [0.2, 0.25) is 0 Å². The van der Waals surface area contributed by atoms with Crippen LogP contribution in [-0.4, -0.2) is 47.0 Å². The van der Waals surface area contributed by atoms with E-state index in [1.165, 1.54) is 30.1 Å². The Labute approximate surface area is 315 Å². The fourth-order valence-corrected chi connectivity index (χ4v) is 8.56. The number of hydrogen-bond acceptors (Lipinski definition) is 7. The molecule has 0 aliphatic carbocycles. The monoisotopic (exact) mass is 814 g/mol. The van der Waals surface area contributed by atoms with Gasteiger partial charge in [0.05, 0.1) is 39.7 Å². The summed E-state index contributed by atoms with van der Waals surface area (Å²) in [7, 11) is -0.463. The standard InChI is InChI=1S/C39H42BrF3N4O5S/c1-8-53(49,50)22-38(3,4)16-10-17-39(5,25-12-9-11-24(20-25)19-23(2)36(48)51-7)37-45-35(47(6)46-37)28-21-26(13-14-29(28)41)52-34-30(40)27-15-18-44-33(27)31(42)32(34)43/h8-9,11-15,18,20-21,23,44H,1,10,16-17,19,22H2,2-7H3/t23-,39-/m1/s1. The molecule has 0 aliphatic heterocycles. The number of rotatable bonds is 15. The maximum Gasteiger partial charge on any atom is 0.308 e. The van der Waals surface area contributed by atoms with Crippen molar-refractivity contribution >= 4 is 42.6 Å². The summed E-state index contributed by atoms with van der Waals surface area (Å²) >= 11 is 3.31. The number of esters is 1. The van der Waals surface area contributed by atoms with Crippen molar-refractivity contribution in [3.8, 4) is 22.9 Å². The summed E-state index contributed by atoms with van der Waals surface area (Å²) in [4.78, 5) is 19.8. The minimum absolute atomic E-state index is 0.0160. The highest BCUT2D eigenvalue weighted by atomic mass is 79.9. The number of aryl methyl sites for hydroxylation is 1. The largest absolute Gasteiger partial charge is 0.469 e. The van der Waals surface area contributed by atoms with Gasteiger partial charge in [0.1, 0.15) is 11.6 Å². The smallest absolute Gasteiger partial charge is 0.308 e. The summed E-state index contributed by atoms with van der Waals surface area (Å²) in [6.07, 6.45) is 3.55. The lowest BCUT2D eigenvalue weighted by Gasteiger charge is -2.30. The van der Waals surface area contributed by atoms with Gasteiger partial charge in [-0.15, -0.1) is 0 Å². The maximum atomic E-state index is 15.6. The lowest BCUT2D eigenvalue weighted by Crippen LogP contribution is -2.28. The molecule has 53 heavy (non-hydrogen) atoms. The fourth-order valence-electron chi connectivity index (χ4n) is 6.62. The fraction of sp³-hybridized carbons (Fsp3) is 0.359. The zero-order valence-electron chi connectivity index (χ0n) is 30.4. The predicted octanol–water partition coefficient (Wildman–Crippen LogP) is 9.35. The van der Waals surface area contributed by atoms with E-state index in [1.807, 2.05) is 45.0 Å². The van der Waals surface area contributed by atoms with E-state index in [0.717, 1.165) is 22.6 Å². The van der Waals surface area contributed by atoms with Gasteiger partial charge in [-0.2, -0.15) is 9.49 Å². The van der Waals surface area contributed by atoms with Crippen LogP contribution in [0.5, 0.6) is 11.5 Å². The minimum Gasteiger partial charge on any atom is -0.469 e. The second-order valence-electron chi connectivity index (χ2n) is 14.3. The highest BCUT2D eigenvalue weighted by Crippen LogP contribution is 2.42. The number of carbonyl (C=O) groups excluding carboxylic acids is 1. The SMILES string of the molecule is C=CS(=O)(=O)CC(C)(C)CCC[C@](C)(c1cccc(C[C@@H](C)C(=O)OC)c1)c1nc(-c2cc(Oc3c(F)c(F)c4[nH]ccc4c3Br)ccc2F)n(C)n1. The molecule has 0 aliphatic rings. The molecule has 0 bridgehead atoms.